The lowest BCUT2D eigenvalue weighted by molar-refractivity contribution is -0.147. The van der Waals surface area contributed by atoms with Crippen LogP contribution < -0.4 is 10.7 Å². The molecule has 172 valence electrons. The maximum atomic E-state index is 13.9. The van der Waals surface area contributed by atoms with Crippen molar-refractivity contribution in [3.8, 4) is 5.75 Å². The molecule has 0 spiro atoms. The van der Waals surface area contributed by atoms with Crippen molar-refractivity contribution in [2.24, 2.45) is 0 Å². The van der Waals surface area contributed by atoms with E-state index >= 15 is 0 Å². The highest BCUT2D eigenvalue weighted by atomic mass is 19.1. The first-order chi connectivity index (χ1) is 15.8. The summed E-state index contributed by atoms with van der Waals surface area (Å²) >= 11 is 0. The summed E-state index contributed by atoms with van der Waals surface area (Å²) in [6, 6.07) is 2.70. The summed E-state index contributed by atoms with van der Waals surface area (Å²) in [5.74, 6) is -3.56. The largest absolute Gasteiger partial charge is 0.503 e. The van der Waals surface area contributed by atoms with E-state index in [-0.39, 0.29) is 41.6 Å². The van der Waals surface area contributed by atoms with Gasteiger partial charge in [0.05, 0.1) is 12.1 Å². The number of hydrogen-bond donors (Lipinski definition) is 2. The van der Waals surface area contributed by atoms with E-state index in [4.69, 9.17) is 4.74 Å². The van der Waals surface area contributed by atoms with Crippen LogP contribution in [0.2, 0.25) is 0 Å². The molecule has 10 heteroatoms. The Kier molecular flexibility index (Phi) is 4.39. The molecular formula is C23H21F2N3O5. The Hall–Kier alpha value is -3.27. The van der Waals surface area contributed by atoms with Gasteiger partial charge in [-0.15, -0.1) is 0 Å². The number of rotatable bonds is 3. The molecule has 1 aromatic carbocycles. The summed E-state index contributed by atoms with van der Waals surface area (Å²) in [6.07, 6.45) is 2.91. The number of amides is 2. The highest BCUT2D eigenvalue weighted by Gasteiger charge is 2.53. The molecule has 2 aromatic rings. The average molecular weight is 457 g/mol. The lowest BCUT2D eigenvalue weighted by Crippen LogP contribution is -2.58. The second kappa shape index (κ2) is 7.11. The molecule has 4 unspecified atom stereocenters. The zero-order valence-electron chi connectivity index (χ0n) is 17.5. The van der Waals surface area contributed by atoms with Crippen molar-refractivity contribution < 1.29 is 28.2 Å². The van der Waals surface area contributed by atoms with E-state index < -0.39 is 40.9 Å². The molecule has 6 rings (SSSR count). The van der Waals surface area contributed by atoms with Crippen LogP contribution in [0.1, 0.15) is 63.8 Å². The highest BCUT2D eigenvalue weighted by molar-refractivity contribution is 6.00. The second-order valence-corrected chi connectivity index (χ2v) is 9.07. The summed E-state index contributed by atoms with van der Waals surface area (Å²) in [4.78, 5) is 41.0. The minimum Gasteiger partial charge on any atom is -0.503 e. The number of fused-ring (bicyclic) bond motifs is 5. The second-order valence-electron chi connectivity index (χ2n) is 9.07. The van der Waals surface area contributed by atoms with Gasteiger partial charge >= 0.3 is 0 Å². The van der Waals surface area contributed by atoms with Crippen LogP contribution in [-0.2, 0) is 17.7 Å². The van der Waals surface area contributed by atoms with Gasteiger partial charge in [0.2, 0.25) is 5.43 Å². The van der Waals surface area contributed by atoms with E-state index in [1.165, 1.54) is 6.07 Å². The molecule has 2 fully saturated rings. The van der Waals surface area contributed by atoms with Crippen molar-refractivity contribution in [2.45, 2.75) is 63.1 Å². The summed E-state index contributed by atoms with van der Waals surface area (Å²) in [5.41, 5.74) is -0.865. The van der Waals surface area contributed by atoms with Crippen LogP contribution in [0.15, 0.2) is 23.0 Å². The molecule has 0 radical (unpaired) electrons. The van der Waals surface area contributed by atoms with Gasteiger partial charge in [-0.05, 0) is 38.2 Å². The van der Waals surface area contributed by atoms with Crippen LogP contribution in [0, 0.1) is 11.6 Å². The van der Waals surface area contributed by atoms with Crippen molar-refractivity contribution in [1.82, 2.24) is 14.8 Å². The van der Waals surface area contributed by atoms with Crippen LogP contribution in [0.25, 0.3) is 0 Å². The number of carbonyl (C=O) groups is 2. The molecule has 4 heterocycles. The SMILES string of the molecule is O=C(NCc1ccc(F)cc1F)c1c2n3c(c(O)c1=O)C(=O)N1C4CCC(C4)OC1C3CC2. The van der Waals surface area contributed by atoms with Gasteiger partial charge in [0, 0.05) is 29.9 Å². The molecule has 33 heavy (non-hydrogen) atoms. The smallest absolute Gasteiger partial charge is 0.276 e. The molecular weight excluding hydrogens is 436 g/mol. The van der Waals surface area contributed by atoms with E-state index in [2.05, 4.69) is 5.32 Å². The van der Waals surface area contributed by atoms with Gasteiger partial charge in [0.15, 0.2) is 17.7 Å². The van der Waals surface area contributed by atoms with Crippen molar-refractivity contribution in [3.63, 3.8) is 0 Å². The normalized spacial score (nSPS) is 26.8. The predicted octanol–water partition coefficient (Wildman–Crippen LogP) is 1.98. The number of nitrogens with one attached hydrogen (secondary N) is 1. The Labute approximate surface area is 186 Å². The number of nitrogens with zero attached hydrogens (tertiary/aromatic N) is 2. The van der Waals surface area contributed by atoms with Crippen molar-refractivity contribution in [3.05, 3.63) is 62.6 Å². The van der Waals surface area contributed by atoms with Gasteiger partial charge in [0.25, 0.3) is 11.8 Å². The van der Waals surface area contributed by atoms with Crippen LogP contribution in [0.4, 0.5) is 8.78 Å². The monoisotopic (exact) mass is 457 g/mol. The fourth-order valence-corrected chi connectivity index (χ4v) is 5.83. The summed E-state index contributed by atoms with van der Waals surface area (Å²) in [5, 5.41) is 13.2. The minimum absolute atomic E-state index is 0.0159. The van der Waals surface area contributed by atoms with Crippen LogP contribution in [-0.4, -0.2) is 44.8 Å². The Bertz CT molecular complexity index is 1280. The molecule has 1 aliphatic carbocycles. The molecule has 3 aliphatic heterocycles. The van der Waals surface area contributed by atoms with Crippen LogP contribution in [0.3, 0.4) is 0 Å². The van der Waals surface area contributed by atoms with Gasteiger partial charge < -0.3 is 24.6 Å². The zero-order valence-corrected chi connectivity index (χ0v) is 17.5. The highest BCUT2D eigenvalue weighted by Crippen LogP contribution is 2.47. The van der Waals surface area contributed by atoms with Crippen LogP contribution in [0.5, 0.6) is 5.75 Å². The first-order valence-corrected chi connectivity index (χ1v) is 11.1. The maximum Gasteiger partial charge on any atom is 0.276 e. The van der Waals surface area contributed by atoms with E-state index in [1.807, 2.05) is 0 Å². The fraction of sp³-hybridized carbons (Fsp3) is 0.435. The van der Waals surface area contributed by atoms with Crippen molar-refractivity contribution in [2.75, 3.05) is 0 Å². The van der Waals surface area contributed by atoms with Gasteiger partial charge in [-0.1, -0.05) is 6.07 Å². The molecule has 4 atom stereocenters. The van der Waals surface area contributed by atoms with Gasteiger partial charge in [-0.3, -0.25) is 14.4 Å². The minimum atomic E-state index is -0.928. The molecule has 2 bridgehead atoms. The molecule has 4 aliphatic rings. The summed E-state index contributed by atoms with van der Waals surface area (Å²) in [7, 11) is 0. The standard InChI is InChI=1S/C23H21F2N3O5/c24-11-2-1-10(14(25)7-11)9-26-21(31)17-15-5-6-16-23-27(12-3-4-13(8-12)33-23)22(32)18(28(15)16)20(30)19(17)29/h1-2,7,12-13,16,23,30H,3-6,8-9H2,(H,26,31). The van der Waals surface area contributed by atoms with Crippen molar-refractivity contribution >= 4 is 11.8 Å². The Morgan fingerprint density at radius 1 is 1.21 bits per heavy atom. The number of ether oxygens (including phenoxy) is 1. The quantitative estimate of drug-likeness (QED) is 0.734. The first kappa shape index (κ1) is 20.3. The Morgan fingerprint density at radius 2 is 2.03 bits per heavy atom. The number of aromatic hydroxyl groups is 1. The number of aromatic nitrogens is 1. The zero-order chi connectivity index (χ0) is 23.0. The van der Waals surface area contributed by atoms with Gasteiger partial charge in [0.1, 0.15) is 17.2 Å². The van der Waals surface area contributed by atoms with Gasteiger partial charge in [-0.25, -0.2) is 8.78 Å². The maximum absolute atomic E-state index is 13.9. The summed E-state index contributed by atoms with van der Waals surface area (Å²) < 4.78 is 34.9. The number of carbonyl (C=O) groups excluding carboxylic acids is 2. The predicted molar refractivity (Wildman–Crippen MR) is 110 cm³/mol. The summed E-state index contributed by atoms with van der Waals surface area (Å²) in [6.45, 7) is -0.266. The van der Waals surface area contributed by atoms with E-state index in [1.54, 1.807) is 9.47 Å². The first-order valence-electron chi connectivity index (χ1n) is 11.1. The number of halogens is 2. The molecule has 1 saturated heterocycles. The molecule has 2 N–H and O–H groups in total. The third kappa shape index (κ3) is 2.86. The average Bonchev–Trinajstić information content (AvgIpc) is 3.37. The number of hydrogen-bond acceptors (Lipinski definition) is 5. The van der Waals surface area contributed by atoms with Crippen molar-refractivity contribution in [1.29, 1.82) is 0 Å². The number of pyridine rings is 1. The molecule has 1 aromatic heterocycles. The van der Waals surface area contributed by atoms with E-state index in [0.717, 1.165) is 25.3 Å². The molecule has 1 saturated carbocycles. The topological polar surface area (TPSA) is 101 Å². The van der Waals surface area contributed by atoms with E-state index in [9.17, 15) is 28.3 Å². The molecule has 8 nitrogen and oxygen atoms in total. The fourth-order valence-electron chi connectivity index (χ4n) is 5.83. The van der Waals surface area contributed by atoms with Gasteiger partial charge in [-0.2, -0.15) is 0 Å². The lowest BCUT2D eigenvalue weighted by Gasteiger charge is -2.47. The Morgan fingerprint density at radius 3 is 2.82 bits per heavy atom. The third-order valence-electron chi connectivity index (χ3n) is 7.30. The van der Waals surface area contributed by atoms with Crippen LogP contribution >= 0.6 is 0 Å². The Balaban J connectivity index is 1.39. The lowest BCUT2D eigenvalue weighted by atomic mass is 10.0. The molecule has 2 amide bonds. The third-order valence-corrected chi connectivity index (χ3v) is 7.30. The number of benzene rings is 1. The van der Waals surface area contributed by atoms with E-state index in [0.29, 0.717) is 24.6 Å².